The average molecular weight is 482 g/mol. The number of phenols is 2. The molecule has 1 aliphatic rings. The number of carbonyl (C=O) groups excluding carboxylic acids is 2. The predicted octanol–water partition coefficient (Wildman–Crippen LogP) is 4.90. The summed E-state index contributed by atoms with van der Waals surface area (Å²) in [5.41, 5.74) is 4.23. The van der Waals surface area contributed by atoms with Crippen LogP contribution in [0.1, 0.15) is 45.2 Å². The number of aryl methyl sites for hydroxylation is 1. The van der Waals surface area contributed by atoms with E-state index < -0.39 is 0 Å². The zero-order valence-electron chi connectivity index (χ0n) is 20.2. The number of pyridine rings is 1. The molecule has 1 aromatic heterocycles. The maximum absolute atomic E-state index is 13.3. The summed E-state index contributed by atoms with van der Waals surface area (Å²) in [7, 11) is 1.78. The normalized spacial score (nSPS) is 14.9. The number of rotatable bonds is 4. The van der Waals surface area contributed by atoms with Gasteiger partial charge in [-0.15, -0.1) is 0 Å². The Bertz CT molecular complexity index is 1480. The third-order valence-electron chi connectivity index (χ3n) is 6.78. The fraction of sp³-hybridized carbons (Fsp3) is 0.207. The van der Waals surface area contributed by atoms with Gasteiger partial charge in [0.25, 0.3) is 11.8 Å². The van der Waals surface area contributed by atoms with E-state index in [2.05, 4.69) is 4.98 Å². The van der Waals surface area contributed by atoms with Crippen molar-refractivity contribution < 1.29 is 19.8 Å². The van der Waals surface area contributed by atoms with E-state index in [1.807, 2.05) is 49.4 Å². The molecule has 4 aromatic rings. The Labute approximate surface area is 209 Å². The zero-order valence-corrected chi connectivity index (χ0v) is 20.2. The van der Waals surface area contributed by atoms with Gasteiger partial charge in [0.2, 0.25) is 0 Å². The van der Waals surface area contributed by atoms with Crippen LogP contribution in [0.25, 0.3) is 10.9 Å². The first kappa shape index (κ1) is 23.4. The van der Waals surface area contributed by atoms with Gasteiger partial charge in [-0.1, -0.05) is 18.2 Å². The van der Waals surface area contributed by atoms with Crippen molar-refractivity contribution in [2.24, 2.45) is 0 Å². The minimum Gasteiger partial charge on any atom is -0.508 e. The summed E-state index contributed by atoms with van der Waals surface area (Å²) in [6.07, 6.45) is 3.23. The van der Waals surface area contributed by atoms with Gasteiger partial charge in [0.15, 0.2) is 0 Å². The Morgan fingerprint density at radius 2 is 1.86 bits per heavy atom. The number of aromatic nitrogens is 1. The molecule has 0 aliphatic carbocycles. The highest BCUT2D eigenvalue weighted by Gasteiger charge is 2.31. The Morgan fingerprint density at radius 3 is 2.67 bits per heavy atom. The SMILES string of the molecule is C[C@H]1CCc2cc(C(=O)N(C)Cc3ccnc4ccccc34)ccc2N1C(=O)c1ccc(O)cc1O. The van der Waals surface area contributed by atoms with Crippen LogP contribution in [0.15, 0.2) is 72.9 Å². The standard InChI is InChI=1S/C29H27N3O4/c1-18-7-8-19-15-20(9-12-26(19)32(18)29(36)24-11-10-22(33)16-27(24)34)28(35)31(2)17-21-13-14-30-25-6-4-3-5-23(21)25/h3-6,9-16,18,33-34H,7-8,17H2,1-2H3/t18-/m0/s1. The summed E-state index contributed by atoms with van der Waals surface area (Å²) in [4.78, 5) is 34.4. The third kappa shape index (κ3) is 4.24. The Balaban J connectivity index is 1.41. The number of amides is 2. The molecule has 0 radical (unpaired) electrons. The molecule has 0 fully saturated rings. The molecule has 0 bridgehead atoms. The smallest absolute Gasteiger partial charge is 0.262 e. The number of nitrogens with zero attached hydrogens (tertiary/aromatic N) is 3. The maximum Gasteiger partial charge on any atom is 0.262 e. The second kappa shape index (κ2) is 9.34. The van der Waals surface area contributed by atoms with E-state index in [-0.39, 0.29) is 34.9 Å². The van der Waals surface area contributed by atoms with Crippen molar-refractivity contribution in [3.05, 3.63) is 95.2 Å². The minimum absolute atomic E-state index is 0.0811. The van der Waals surface area contributed by atoms with E-state index in [1.165, 1.54) is 12.1 Å². The van der Waals surface area contributed by atoms with Gasteiger partial charge in [-0.05, 0) is 73.4 Å². The highest BCUT2D eigenvalue weighted by Crippen LogP contribution is 2.35. The monoisotopic (exact) mass is 481 g/mol. The quantitative estimate of drug-likeness (QED) is 0.432. The Hall–Kier alpha value is -4.39. The molecule has 0 unspecified atom stereocenters. The van der Waals surface area contributed by atoms with E-state index >= 15 is 0 Å². The Kier molecular flexibility index (Phi) is 6.06. The van der Waals surface area contributed by atoms with Crippen LogP contribution in [-0.4, -0.2) is 45.0 Å². The van der Waals surface area contributed by atoms with Crippen molar-refractivity contribution in [3.63, 3.8) is 0 Å². The largest absolute Gasteiger partial charge is 0.508 e. The molecular weight excluding hydrogens is 454 g/mol. The zero-order chi connectivity index (χ0) is 25.4. The molecule has 2 amide bonds. The fourth-order valence-corrected chi connectivity index (χ4v) is 4.87. The van der Waals surface area contributed by atoms with Crippen molar-refractivity contribution in [1.29, 1.82) is 0 Å². The fourth-order valence-electron chi connectivity index (χ4n) is 4.87. The molecule has 7 heteroatoms. The molecule has 2 heterocycles. The van der Waals surface area contributed by atoms with Gasteiger partial charge in [-0.2, -0.15) is 0 Å². The predicted molar refractivity (Wildman–Crippen MR) is 138 cm³/mol. The molecule has 7 nitrogen and oxygen atoms in total. The topological polar surface area (TPSA) is 94.0 Å². The highest BCUT2D eigenvalue weighted by atomic mass is 16.3. The molecule has 0 saturated heterocycles. The lowest BCUT2D eigenvalue weighted by atomic mass is 9.93. The van der Waals surface area contributed by atoms with Gasteiger partial charge in [0, 0.05) is 48.5 Å². The number of anilines is 1. The van der Waals surface area contributed by atoms with Gasteiger partial charge in [0.05, 0.1) is 11.1 Å². The van der Waals surface area contributed by atoms with Crippen molar-refractivity contribution in [2.45, 2.75) is 32.4 Å². The number of aromatic hydroxyl groups is 2. The molecule has 5 rings (SSSR count). The number of para-hydroxylation sites is 1. The summed E-state index contributed by atoms with van der Waals surface area (Å²) in [5.74, 6) is -0.826. The second-order valence-corrected chi connectivity index (χ2v) is 9.26. The van der Waals surface area contributed by atoms with Crippen LogP contribution in [0.2, 0.25) is 0 Å². The van der Waals surface area contributed by atoms with Gasteiger partial charge in [-0.25, -0.2) is 0 Å². The van der Waals surface area contributed by atoms with Crippen molar-refractivity contribution in [2.75, 3.05) is 11.9 Å². The van der Waals surface area contributed by atoms with Crippen LogP contribution in [0.4, 0.5) is 5.69 Å². The molecule has 182 valence electrons. The van der Waals surface area contributed by atoms with Crippen LogP contribution in [0.5, 0.6) is 11.5 Å². The van der Waals surface area contributed by atoms with Crippen molar-refractivity contribution >= 4 is 28.4 Å². The lowest BCUT2D eigenvalue weighted by Gasteiger charge is -2.36. The molecule has 1 atom stereocenters. The second-order valence-electron chi connectivity index (χ2n) is 9.26. The summed E-state index contributed by atoms with van der Waals surface area (Å²) in [5, 5.41) is 20.8. The van der Waals surface area contributed by atoms with Crippen LogP contribution in [0.3, 0.4) is 0 Å². The summed E-state index contributed by atoms with van der Waals surface area (Å²) < 4.78 is 0. The molecule has 0 saturated carbocycles. The molecule has 2 N–H and O–H groups in total. The molecule has 0 spiro atoms. The maximum atomic E-state index is 13.3. The van der Waals surface area contributed by atoms with Gasteiger partial charge in [-0.3, -0.25) is 14.6 Å². The molecular formula is C29H27N3O4. The summed E-state index contributed by atoms with van der Waals surface area (Å²) in [6, 6.07) is 19.1. The first-order valence-corrected chi connectivity index (χ1v) is 11.9. The summed E-state index contributed by atoms with van der Waals surface area (Å²) >= 11 is 0. The van der Waals surface area contributed by atoms with E-state index in [0.29, 0.717) is 12.1 Å². The van der Waals surface area contributed by atoms with Gasteiger partial charge < -0.3 is 20.0 Å². The van der Waals surface area contributed by atoms with E-state index in [1.54, 1.807) is 29.1 Å². The average Bonchev–Trinajstić information content (AvgIpc) is 2.88. The Morgan fingerprint density at radius 1 is 1.06 bits per heavy atom. The van der Waals surface area contributed by atoms with Gasteiger partial charge in [0.1, 0.15) is 11.5 Å². The highest BCUT2D eigenvalue weighted by molar-refractivity contribution is 6.09. The van der Waals surface area contributed by atoms with Crippen molar-refractivity contribution in [3.8, 4) is 11.5 Å². The number of phenolic OH excluding ortho intramolecular Hbond substituents is 2. The number of fused-ring (bicyclic) bond motifs is 2. The molecule has 3 aromatic carbocycles. The van der Waals surface area contributed by atoms with Crippen molar-refractivity contribution in [1.82, 2.24) is 9.88 Å². The van der Waals surface area contributed by atoms with Crippen LogP contribution in [-0.2, 0) is 13.0 Å². The molecule has 36 heavy (non-hydrogen) atoms. The van der Waals surface area contributed by atoms with E-state index in [4.69, 9.17) is 0 Å². The van der Waals surface area contributed by atoms with E-state index in [0.717, 1.165) is 46.6 Å². The van der Waals surface area contributed by atoms with E-state index in [9.17, 15) is 19.8 Å². The summed E-state index contributed by atoms with van der Waals surface area (Å²) in [6.45, 7) is 2.41. The van der Waals surface area contributed by atoms with Crippen LogP contribution >= 0.6 is 0 Å². The lowest BCUT2D eigenvalue weighted by Crippen LogP contribution is -2.42. The third-order valence-corrected chi connectivity index (χ3v) is 6.78. The number of hydrogen-bond donors (Lipinski definition) is 2. The number of hydrogen-bond acceptors (Lipinski definition) is 5. The first-order chi connectivity index (χ1) is 17.3. The van der Waals surface area contributed by atoms with Gasteiger partial charge >= 0.3 is 0 Å². The van der Waals surface area contributed by atoms with Crippen LogP contribution < -0.4 is 4.90 Å². The number of benzene rings is 3. The molecule has 1 aliphatic heterocycles. The minimum atomic E-state index is -0.346. The first-order valence-electron chi connectivity index (χ1n) is 11.9. The van der Waals surface area contributed by atoms with Crippen LogP contribution in [0, 0.1) is 0 Å². The lowest BCUT2D eigenvalue weighted by molar-refractivity contribution is 0.0785. The number of carbonyl (C=O) groups is 2.